The number of nitrogens with two attached hydrogens (primary N) is 1. The average molecular weight is 309 g/mol. The SMILES string of the molecule is COC(=O)Cc1nc(CN)cc(Br)c1C(F)F. The summed E-state index contributed by atoms with van der Waals surface area (Å²) in [6.45, 7) is 0.107. The van der Waals surface area contributed by atoms with Gasteiger partial charge < -0.3 is 10.5 Å². The van der Waals surface area contributed by atoms with Crippen LogP contribution in [0.15, 0.2) is 10.5 Å². The second kappa shape index (κ2) is 6.02. The lowest BCUT2D eigenvalue weighted by Crippen LogP contribution is -2.12. The Morgan fingerprint density at radius 3 is 2.76 bits per heavy atom. The van der Waals surface area contributed by atoms with Crippen molar-refractivity contribution in [2.75, 3.05) is 7.11 Å². The standard InChI is InChI=1S/C10H11BrF2N2O2/c1-17-8(16)3-7-9(10(12)13)6(11)2-5(4-14)15-7/h2,10H,3-4,14H2,1H3. The van der Waals surface area contributed by atoms with Crippen molar-refractivity contribution in [1.82, 2.24) is 4.98 Å². The summed E-state index contributed by atoms with van der Waals surface area (Å²) in [4.78, 5) is 15.0. The summed E-state index contributed by atoms with van der Waals surface area (Å²) in [5, 5.41) is 0. The molecule has 0 fully saturated rings. The Kier molecular flexibility index (Phi) is 4.95. The minimum Gasteiger partial charge on any atom is -0.469 e. The van der Waals surface area contributed by atoms with Gasteiger partial charge in [0.05, 0.1) is 30.5 Å². The smallest absolute Gasteiger partial charge is 0.311 e. The van der Waals surface area contributed by atoms with E-state index in [1.54, 1.807) is 0 Å². The van der Waals surface area contributed by atoms with Crippen LogP contribution in [0.2, 0.25) is 0 Å². The van der Waals surface area contributed by atoms with E-state index in [1.807, 2.05) is 0 Å². The van der Waals surface area contributed by atoms with Gasteiger partial charge >= 0.3 is 5.97 Å². The lowest BCUT2D eigenvalue weighted by Gasteiger charge is -2.11. The molecule has 2 N–H and O–H groups in total. The number of pyridine rings is 1. The van der Waals surface area contributed by atoms with Crippen molar-refractivity contribution in [2.45, 2.75) is 19.4 Å². The molecule has 0 aliphatic carbocycles. The van der Waals surface area contributed by atoms with Crippen molar-refractivity contribution >= 4 is 21.9 Å². The highest BCUT2D eigenvalue weighted by Gasteiger charge is 2.21. The van der Waals surface area contributed by atoms with Crippen molar-refractivity contribution in [2.24, 2.45) is 5.73 Å². The van der Waals surface area contributed by atoms with Crippen molar-refractivity contribution in [1.29, 1.82) is 0 Å². The Hall–Kier alpha value is -1.08. The van der Waals surface area contributed by atoms with Gasteiger partial charge in [0.25, 0.3) is 6.43 Å². The zero-order valence-electron chi connectivity index (χ0n) is 9.04. The van der Waals surface area contributed by atoms with Crippen LogP contribution >= 0.6 is 15.9 Å². The molecule has 0 radical (unpaired) electrons. The topological polar surface area (TPSA) is 65.2 Å². The molecule has 0 spiro atoms. The van der Waals surface area contributed by atoms with Crippen LogP contribution in [0.1, 0.15) is 23.4 Å². The lowest BCUT2D eigenvalue weighted by molar-refractivity contribution is -0.139. The number of alkyl halides is 2. The third-order valence-electron chi connectivity index (χ3n) is 2.11. The number of ether oxygens (including phenoxy) is 1. The molecule has 0 saturated heterocycles. The molecule has 0 aliphatic heterocycles. The van der Waals surface area contributed by atoms with Crippen molar-refractivity contribution in [3.05, 3.63) is 27.5 Å². The van der Waals surface area contributed by atoms with E-state index in [0.29, 0.717) is 5.69 Å². The molecule has 0 saturated carbocycles. The first-order chi connectivity index (χ1) is 7.99. The second-order valence-corrected chi connectivity index (χ2v) is 4.07. The van der Waals surface area contributed by atoms with Crippen molar-refractivity contribution in [3.8, 4) is 0 Å². The summed E-state index contributed by atoms with van der Waals surface area (Å²) in [6, 6.07) is 1.42. The Morgan fingerprint density at radius 2 is 2.29 bits per heavy atom. The summed E-state index contributed by atoms with van der Waals surface area (Å²) in [7, 11) is 1.19. The lowest BCUT2D eigenvalue weighted by atomic mass is 10.1. The summed E-state index contributed by atoms with van der Waals surface area (Å²) in [5.74, 6) is -0.625. The number of hydrogen-bond donors (Lipinski definition) is 1. The first kappa shape index (κ1) is 14.0. The van der Waals surface area contributed by atoms with Crippen LogP contribution in [-0.4, -0.2) is 18.1 Å². The fourth-order valence-corrected chi connectivity index (χ4v) is 1.97. The minimum absolute atomic E-state index is 0.0123. The number of carbonyl (C=O) groups excluding carboxylic acids is 1. The van der Waals surface area contributed by atoms with E-state index in [1.165, 1.54) is 13.2 Å². The van der Waals surface area contributed by atoms with Crippen LogP contribution in [-0.2, 0) is 22.5 Å². The average Bonchev–Trinajstić information content (AvgIpc) is 2.27. The maximum Gasteiger partial charge on any atom is 0.311 e. The molecule has 0 aromatic carbocycles. The van der Waals surface area contributed by atoms with Gasteiger partial charge in [-0.1, -0.05) is 15.9 Å². The van der Waals surface area contributed by atoms with Gasteiger partial charge in [-0.05, 0) is 6.07 Å². The highest BCUT2D eigenvalue weighted by atomic mass is 79.9. The number of carbonyl (C=O) groups is 1. The zero-order chi connectivity index (χ0) is 13.0. The zero-order valence-corrected chi connectivity index (χ0v) is 10.6. The highest BCUT2D eigenvalue weighted by Crippen LogP contribution is 2.30. The van der Waals surface area contributed by atoms with Gasteiger partial charge in [-0.3, -0.25) is 9.78 Å². The van der Waals surface area contributed by atoms with Crippen LogP contribution < -0.4 is 5.73 Å². The number of esters is 1. The van der Waals surface area contributed by atoms with E-state index in [2.05, 4.69) is 25.7 Å². The molecule has 1 aromatic rings. The van der Waals surface area contributed by atoms with Gasteiger partial charge in [-0.2, -0.15) is 0 Å². The third-order valence-corrected chi connectivity index (χ3v) is 2.76. The van der Waals surface area contributed by atoms with Crippen molar-refractivity contribution in [3.63, 3.8) is 0 Å². The van der Waals surface area contributed by atoms with E-state index in [4.69, 9.17) is 5.73 Å². The second-order valence-electron chi connectivity index (χ2n) is 3.21. The number of hydrogen-bond acceptors (Lipinski definition) is 4. The molecule has 4 nitrogen and oxygen atoms in total. The number of halogens is 3. The third kappa shape index (κ3) is 3.44. The van der Waals surface area contributed by atoms with E-state index in [-0.39, 0.29) is 28.7 Å². The van der Waals surface area contributed by atoms with Gasteiger partial charge in [0, 0.05) is 11.0 Å². The Labute approximate surface area is 105 Å². The van der Waals surface area contributed by atoms with Gasteiger partial charge in [0.1, 0.15) is 0 Å². The Morgan fingerprint density at radius 1 is 1.65 bits per heavy atom. The maximum atomic E-state index is 12.8. The minimum atomic E-state index is -2.72. The van der Waals surface area contributed by atoms with Gasteiger partial charge in [0.15, 0.2) is 0 Å². The summed E-state index contributed by atoms with van der Waals surface area (Å²) < 4.78 is 30.3. The molecule has 94 valence electrons. The van der Waals surface area contributed by atoms with Crippen molar-refractivity contribution < 1.29 is 18.3 Å². The molecule has 0 atom stereocenters. The predicted octanol–water partition coefficient (Wildman–Crippen LogP) is 1.96. The Balaban J connectivity index is 3.22. The van der Waals surface area contributed by atoms with Crippen LogP contribution in [0.25, 0.3) is 0 Å². The Bertz CT molecular complexity index is 427. The van der Waals surface area contributed by atoms with E-state index in [0.717, 1.165) is 0 Å². The molecule has 0 amide bonds. The normalized spacial score (nSPS) is 10.7. The molecule has 7 heteroatoms. The fourth-order valence-electron chi connectivity index (χ4n) is 1.31. The quantitative estimate of drug-likeness (QED) is 0.864. The number of rotatable bonds is 4. The van der Waals surface area contributed by atoms with Crippen LogP contribution in [0.3, 0.4) is 0 Å². The summed E-state index contributed by atoms with van der Waals surface area (Å²) in [6.07, 6.45) is -3.02. The van der Waals surface area contributed by atoms with E-state index < -0.39 is 12.4 Å². The largest absolute Gasteiger partial charge is 0.469 e. The highest BCUT2D eigenvalue weighted by molar-refractivity contribution is 9.10. The predicted molar refractivity (Wildman–Crippen MR) is 60.5 cm³/mol. The number of nitrogens with zero attached hydrogens (tertiary/aromatic N) is 1. The first-order valence-electron chi connectivity index (χ1n) is 4.72. The molecular weight excluding hydrogens is 298 g/mol. The number of aromatic nitrogens is 1. The molecule has 0 unspecified atom stereocenters. The van der Waals surface area contributed by atoms with Crippen LogP contribution in [0, 0.1) is 0 Å². The molecule has 0 bridgehead atoms. The molecule has 17 heavy (non-hydrogen) atoms. The van der Waals surface area contributed by atoms with E-state index in [9.17, 15) is 13.6 Å². The van der Waals surface area contributed by atoms with Gasteiger partial charge in [0.2, 0.25) is 0 Å². The van der Waals surface area contributed by atoms with Gasteiger partial charge in [-0.15, -0.1) is 0 Å². The molecule has 1 aromatic heterocycles. The molecule has 0 aliphatic rings. The summed E-state index contributed by atoms with van der Waals surface area (Å²) in [5.41, 5.74) is 5.51. The van der Waals surface area contributed by atoms with E-state index >= 15 is 0 Å². The number of methoxy groups -OCH3 is 1. The van der Waals surface area contributed by atoms with Crippen LogP contribution in [0.4, 0.5) is 8.78 Å². The summed E-state index contributed by atoms with van der Waals surface area (Å²) >= 11 is 3.02. The first-order valence-corrected chi connectivity index (χ1v) is 5.52. The molecular formula is C10H11BrF2N2O2. The van der Waals surface area contributed by atoms with Crippen LogP contribution in [0.5, 0.6) is 0 Å². The van der Waals surface area contributed by atoms with Gasteiger partial charge in [-0.25, -0.2) is 8.78 Å². The monoisotopic (exact) mass is 308 g/mol. The molecule has 1 heterocycles. The fraction of sp³-hybridized carbons (Fsp3) is 0.400. The molecule has 1 rings (SSSR count). The maximum absolute atomic E-state index is 12.8.